The first-order chi connectivity index (χ1) is 9.13. The number of hydrogen-bond acceptors (Lipinski definition) is 4. The van der Waals surface area contributed by atoms with Crippen molar-refractivity contribution >= 4 is 24.0 Å². The highest BCUT2D eigenvalue weighted by Crippen LogP contribution is 2.28. The van der Waals surface area contributed by atoms with Gasteiger partial charge in [-0.1, -0.05) is 26.0 Å². The minimum Gasteiger partial charge on any atom is -0.497 e. The van der Waals surface area contributed by atoms with E-state index < -0.39 is 0 Å². The third-order valence-corrected chi connectivity index (χ3v) is 4.58. The lowest BCUT2D eigenvalue weighted by molar-refractivity contribution is 0.414. The van der Waals surface area contributed by atoms with E-state index in [0.29, 0.717) is 5.92 Å². The number of thiazole rings is 1. The molecule has 1 aromatic heterocycles. The predicted octanol–water partition coefficient (Wildman–Crippen LogP) is 4.30. The highest BCUT2D eigenvalue weighted by molar-refractivity contribution is 7.79. The third kappa shape index (κ3) is 3.51. The molecule has 102 valence electrons. The first kappa shape index (κ1) is 14.4. The minimum atomic E-state index is 0.461. The Morgan fingerprint density at radius 2 is 1.95 bits per heavy atom. The molecule has 2 rings (SSSR count). The molecule has 0 bridgehead atoms. The van der Waals surface area contributed by atoms with Gasteiger partial charge in [0.05, 0.1) is 17.8 Å². The predicted molar refractivity (Wildman–Crippen MR) is 84.7 cm³/mol. The lowest BCUT2D eigenvalue weighted by Gasteiger charge is -2.02. The topological polar surface area (TPSA) is 22.1 Å². The first-order valence-corrected chi connectivity index (χ1v) is 7.81. The molecule has 0 amide bonds. The molecule has 0 saturated heterocycles. The van der Waals surface area contributed by atoms with Crippen LogP contribution < -0.4 is 4.74 Å². The van der Waals surface area contributed by atoms with Crippen molar-refractivity contribution < 1.29 is 4.74 Å². The zero-order valence-corrected chi connectivity index (χ0v) is 13.2. The fourth-order valence-corrected chi connectivity index (χ4v) is 3.45. The van der Waals surface area contributed by atoms with Gasteiger partial charge in [0.25, 0.3) is 0 Å². The van der Waals surface area contributed by atoms with E-state index >= 15 is 0 Å². The molecule has 0 aliphatic carbocycles. The van der Waals surface area contributed by atoms with Crippen molar-refractivity contribution in [3.8, 4) is 5.75 Å². The third-order valence-electron chi connectivity index (χ3n) is 2.98. The average Bonchev–Trinajstić information content (AvgIpc) is 2.83. The molecule has 0 fully saturated rings. The fourth-order valence-electron chi connectivity index (χ4n) is 1.97. The number of aromatic nitrogens is 1. The van der Waals surface area contributed by atoms with Gasteiger partial charge < -0.3 is 4.74 Å². The molecule has 0 radical (unpaired) electrons. The quantitative estimate of drug-likeness (QED) is 0.830. The van der Waals surface area contributed by atoms with E-state index in [-0.39, 0.29) is 0 Å². The molecule has 0 N–H and O–H groups in total. The Hall–Kier alpha value is -1.00. The Balaban J connectivity index is 2.18. The van der Waals surface area contributed by atoms with E-state index in [1.807, 2.05) is 12.1 Å². The second kappa shape index (κ2) is 6.44. The summed E-state index contributed by atoms with van der Waals surface area (Å²) in [5.74, 6) is 2.12. The van der Waals surface area contributed by atoms with Gasteiger partial charge >= 0.3 is 0 Å². The normalized spacial score (nSPS) is 11.0. The average molecular weight is 293 g/mol. The van der Waals surface area contributed by atoms with Gasteiger partial charge in [0.1, 0.15) is 5.75 Å². The molecule has 19 heavy (non-hydrogen) atoms. The molecule has 0 unspecified atom stereocenters. The van der Waals surface area contributed by atoms with Crippen LogP contribution >= 0.6 is 24.0 Å². The van der Waals surface area contributed by atoms with Crippen molar-refractivity contribution in [2.45, 2.75) is 31.9 Å². The summed E-state index contributed by atoms with van der Waals surface area (Å²) in [5.41, 5.74) is 2.46. The molecule has 2 nitrogen and oxygen atoms in total. The first-order valence-electron chi connectivity index (χ1n) is 6.36. The van der Waals surface area contributed by atoms with Gasteiger partial charge in [-0.05, 0) is 23.6 Å². The Morgan fingerprint density at radius 1 is 1.26 bits per heavy atom. The number of rotatable bonds is 5. The van der Waals surface area contributed by atoms with Gasteiger partial charge in [-0.15, -0.1) is 11.3 Å². The zero-order chi connectivity index (χ0) is 13.8. The SMILES string of the molecule is COc1ccc(Cc2nc(C(C)C)c(CS)s2)cc1. The summed E-state index contributed by atoms with van der Waals surface area (Å²) in [6.45, 7) is 4.36. The van der Waals surface area contributed by atoms with Gasteiger partial charge in [0.15, 0.2) is 0 Å². The van der Waals surface area contributed by atoms with Gasteiger partial charge in [0, 0.05) is 17.1 Å². The van der Waals surface area contributed by atoms with Crippen LogP contribution in [0.15, 0.2) is 24.3 Å². The molecule has 1 aromatic carbocycles. The van der Waals surface area contributed by atoms with E-state index in [4.69, 9.17) is 9.72 Å². The lowest BCUT2D eigenvalue weighted by atomic mass is 10.1. The van der Waals surface area contributed by atoms with Crippen molar-refractivity contribution in [3.63, 3.8) is 0 Å². The lowest BCUT2D eigenvalue weighted by Crippen LogP contribution is -1.93. The van der Waals surface area contributed by atoms with Gasteiger partial charge in [0.2, 0.25) is 0 Å². The maximum atomic E-state index is 5.17. The smallest absolute Gasteiger partial charge is 0.118 e. The van der Waals surface area contributed by atoms with Crippen LogP contribution in [0, 0.1) is 0 Å². The molecule has 0 aliphatic rings. The molecule has 0 spiro atoms. The Labute approximate surface area is 124 Å². The van der Waals surface area contributed by atoms with Crippen LogP contribution in [-0.2, 0) is 12.2 Å². The number of nitrogens with zero attached hydrogens (tertiary/aromatic N) is 1. The van der Waals surface area contributed by atoms with Crippen molar-refractivity contribution in [1.29, 1.82) is 0 Å². The van der Waals surface area contributed by atoms with Crippen molar-refractivity contribution in [1.82, 2.24) is 4.98 Å². The van der Waals surface area contributed by atoms with Crippen LogP contribution in [-0.4, -0.2) is 12.1 Å². The molecule has 0 saturated carbocycles. The summed E-state index contributed by atoms with van der Waals surface area (Å²) in [4.78, 5) is 6.05. The molecule has 4 heteroatoms. The second-order valence-electron chi connectivity index (χ2n) is 4.75. The summed E-state index contributed by atoms with van der Waals surface area (Å²) in [6.07, 6.45) is 0.877. The Morgan fingerprint density at radius 3 is 2.42 bits per heavy atom. The van der Waals surface area contributed by atoms with E-state index in [2.05, 4.69) is 38.6 Å². The molecule has 2 aromatic rings. The van der Waals surface area contributed by atoms with Crippen LogP contribution in [0.3, 0.4) is 0 Å². The van der Waals surface area contributed by atoms with Crippen LogP contribution in [0.25, 0.3) is 0 Å². The van der Waals surface area contributed by atoms with Gasteiger partial charge in [-0.3, -0.25) is 0 Å². The maximum Gasteiger partial charge on any atom is 0.118 e. The summed E-state index contributed by atoms with van der Waals surface area (Å²) in [6, 6.07) is 8.17. The second-order valence-corrected chi connectivity index (χ2v) is 6.24. The summed E-state index contributed by atoms with van der Waals surface area (Å²) >= 11 is 6.17. The number of thiol groups is 1. The maximum absolute atomic E-state index is 5.17. The number of ether oxygens (including phenoxy) is 1. The zero-order valence-electron chi connectivity index (χ0n) is 11.5. The highest BCUT2D eigenvalue weighted by atomic mass is 32.1. The van der Waals surface area contributed by atoms with E-state index in [1.165, 1.54) is 16.1 Å². The van der Waals surface area contributed by atoms with Crippen LogP contribution in [0.4, 0.5) is 0 Å². The van der Waals surface area contributed by atoms with Crippen LogP contribution in [0.2, 0.25) is 0 Å². The van der Waals surface area contributed by atoms with Crippen molar-refractivity contribution in [2.75, 3.05) is 7.11 Å². The monoisotopic (exact) mass is 293 g/mol. The Bertz CT molecular complexity index is 532. The molecular formula is C15H19NOS2. The van der Waals surface area contributed by atoms with Gasteiger partial charge in [-0.25, -0.2) is 4.98 Å². The van der Waals surface area contributed by atoms with Crippen molar-refractivity contribution in [3.05, 3.63) is 45.4 Å². The summed E-state index contributed by atoms with van der Waals surface area (Å²) in [7, 11) is 1.68. The van der Waals surface area contributed by atoms with E-state index in [1.54, 1.807) is 18.4 Å². The largest absolute Gasteiger partial charge is 0.497 e. The molecule has 0 aliphatic heterocycles. The number of benzene rings is 1. The number of methoxy groups -OCH3 is 1. The molecule has 1 heterocycles. The molecular weight excluding hydrogens is 274 g/mol. The van der Waals surface area contributed by atoms with E-state index in [0.717, 1.165) is 22.9 Å². The molecule has 0 atom stereocenters. The summed E-state index contributed by atoms with van der Waals surface area (Å²) < 4.78 is 5.17. The number of hydrogen-bond donors (Lipinski definition) is 1. The standard InChI is InChI=1S/C15H19NOS2/c1-10(2)15-13(9-18)19-14(16-15)8-11-4-6-12(17-3)7-5-11/h4-7,10,18H,8-9H2,1-3H3. The van der Waals surface area contributed by atoms with Crippen LogP contribution in [0.1, 0.15) is 40.9 Å². The fraction of sp³-hybridized carbons (Fsp3) is 0.400. The van der Waals surface area contributed by atoms with Crippen LogP contribution in [0.5, 0.6) is 5.75 Å². The van der Waals surface area contributed by atoms with Crippen molar-refractivity contribution in [2.24, 2.45) is 0 Å². The van der Waals surface area contributed by atoms with Gasteiger partial charge in [-0.2, -0.15) is 12.6 Å². The summed E-state index contributed by atoms with van der Waals surface area (Å²) in [5, 5.41) is 1.16. The minimum absolute atomic E-state index is 0.461. The van der Waals surface area contributed by atoms with E-state index in [9.17, 15) is 0 Å². The highest BCUT2D eigenvalue weighted by Gasteiger charge is 2.13. The Kier molecular flexibility index (Phi) is 4.88.